The van der Waals surface area contributed by atoms with Gasteiger partial charge in [-0.05, 0) is 48.5 Å². The molecular weight excluding hydrogens is 410 g/mol. The van der Waals surface area contributed by atoms with Gasteiger partial charge in [0, 0.05) is 16.8 Å². The molecule has 0 aliphatic heterocycles. The van der Waals surface area contributed by atoms with Gasteiger partial charge in [-0.15, -0.1) is 10.2 Å². The van der Waals surface area contributed by atoms with Crippen LogP contribution >= 0.6 is 11.8 Å². The summed E-state index contributed by atoms with van der Waals surface area (Å²) in [6, 6.07) is 24.7. The Bertz CT molecular complexity index is 1170. The van der Waals surface area contributed by atoms with Gasteiger partial charge in [0.1, 0.15) is 11.5 Å². The minimum atomic E-state index is -0.00231. The maximum Gasteiger partial charge on any atom is 0.196 e. The molecule has 1 aromatic heterocycles. The van der Waals surface area contributed by atoms with Gasteiger partial charge >= 0.3 is 0 Å². The van der Waals surface area contributed by atoms with Crippen LogP contribution in [0.4, 0.5) is 0 Å². The smallest absolute Gasteiger partial charge is 0.196 e. The number of ketones is 1. The lowest BCUT2D eigenvalue weighted by atomic mass is 10.1. The molecule has 0 unspecified atom stereocenters. The average Bonchev–Trinajstić information content (AvgIpc) is 3.27. The zero-order valence-corrected chi connectivity index (χ0v) is 18.0. The van der Waals surface area contributed by atoms with Crippen LogP contribution in [0.25, 0.3) is 17.1 Å². The lowest BCUT2D eigenvalue weighted by Gasteiger charge is -2.10. The van der Waals surface area contributed by atoms with Gasteiger partial charge in [-0.25, -0.2) is 0 Å². The highest BCUT2D eigenvalue weighted by molar-refractivity contribution is 7.99. The first kappa shape index (κ1) is 20.7. The maximum absolute atomic E-state index is 12.7. The van der Waals surface area contributed by atoms with E-state index in [1.165, 1.54) is 11.8 Å². The molecule has 0 aliphatic carbocycles. The molecule has 7 heteroatoms. The van der Waals surface area contributed by atoms with Crippen molar-refractivity contribution in [2.75, 3.05) is 20.0 Å². The molecule has 0 N–H and O–H groups in total. The first-order chi connectivity index (χ1) is 15.2. The summed E-state index contributed by atoms with van der Waals surface area (Å²) in [5.41, 5.74) is 2.44. The van der Waals surface area contributed by atoms with Crippen LogP contribution in [0.1, 0.15) is 10.4 Å². The third-order valence-electron chi connectivity index (χ3n) is 4.72. The molecule has 0 saturated heterocycles. The van der Waals surface area contributed by atoms with E-state index in [0.717, 1.165) is 17.0 Å². The minimum Gasteiger partial charge on any atom is -0.497 e. The Morgan fingerprint density at radius 2 is 1.61 bits per heavy atom. The van der Waals surface area contributed by atoms with Crippen molar-refractivity contribution < 1.29 is 14.3 Å². The van der Waals surface area contributed by atoms with E-state index in [0.29, 0.717) is 22.3 Å². The predicted octanol–water partition coefficient (Wildman–Crippen LogP) is 4.93. The zero-order valence-electron chi connectivity index (χ0n) is 17.2. The Morgan fingerprint density at radius 1 is 0.871 bits per heavy atom. The van der Waals surface area contributed by atoms with E-state index in [1.807, 2.05) is 71.3 Å². The topological polar surface area (TPSA) is 66.2 Å². The zero-order chi connectivity index (χ0) is 21.6. The minimum absolute atomic E-state index is 0.00231. The number of hydrogen-bond donors (Lipinski definition) is 0. The molecule has 156 valence electrons. The second-order valence-corrected chi connectivity index (χ2v) is 7.59. The van der Waals surface area contributed by atoms with E-state index < -0.39 is 0 Å². The average molecular weight is 432 g/mol. The Hall–Kier alpha value is -3.58. The Kier molecular flexibility index (Phi) is 6.33. The fourth-order valence-corrected chi connectivity index (χ4v) is 3.96. The highest BCUT2D eigenvalue weighted by Gasteiger charge is 2.18. The third-order valence-corrected chi connectivity index (χ3v) is 5.65. The molecule has 0 radical (unpaired) electrons. The number of ether oxygens (including phenoxy) is 2. The van der Waals surface area contributed by atoms with Crippen LogP contribution in [0.5, 0.6) is 11.5 Å². The summed E-state index contributed by atoms with van der Waals surface area (Å²) >= 11 is 1.36. The molecule has 0 bridgehead atoms. The third kappa shape index (κ3) is 4.62. The van der Waals surface area contributed by atoms with Crippen LogP contribution in [0.3, 0.4) is 0 Å². The lowest BCUT2D eigenvalue weighted by Crippen LogP contribution is -2.05. The molecule has 4 aromatic rings. The molecule has 0 spiro atoms. The molecule has 1 heterocycles. The predicted molar refractivity (Wildman–Crippen MR) is 121 cm³/mol. The largest absolute Gasteiger partial charge is 0.497 e. The Balaban J connectivity index is 1.64. The van der Waals surface area contributed by atoms with E-state index in [-0.39, 0.29) is 11.5 Å². The number of methoxy groups -OCH3 is 2. The number of nitrogens with zero attached hydrogens (tertiary/aromatic N) is 3. The van der Waals surface area contributed by atoms with Crippen molar-refractivity contribution in [3.8, 4) is 28.6 Å². The van der Waals surface area contributed by atoms with E-state index in [2.05, 4.69) is 10.2 Å². The fraction of sp³-hybridized carbons (Fsp3) is 0.125. The number of para-hydroxylation sites is 1. The molecule has 6 nitrogen and oxygen atoms in total. The van der Waals surface area contributed by atoms with Crippen molar-refractivity contribution >= 4 is 17.5 Å². The summed E-state index contributed by atoms with van der Waals surface area (Å²) < 4.78 is 12.4. The van der Waals surface area contributed by atoms with Gasteiger partial charge in [0.05, 0.1) is 20.0 Å². The number of hydrogen-bond acceptors (Lipinski definition) is 6. The molecule has 0 fully saturated rings. The van der Waals surface area contributed by atoms with Crippen LogP contribution in [-0.4, -0.2) is 40.5 Å². The number of thioether (sulfide) groups is 1. The van der Waals surface area contributed by atoms with Crippen LogP contribution in [0.15, 0.2) is 84.0 Å². The van der Waals surface area contributed by atoms with Crippen LogP contribution in [0.2, 0.25) is 0 Å². The summed E-state index contributed by atoms with van der Waals surface area (Å²) in [7, 11) is 3.22. The highest BCUT2D eigenvalue weighted by atomic mass is 32.2. The normalized spacial score (nSPS) is 10.6. The molecule has 3 aromatic carbocycles. The number of Topliss-reactive ketones (excluding diaryl/α,β-unsaturated/α-hetero) is 1. The standard InChI is InChI=1S/C24H21N3O3S/c1-29-20-13-11-17(12-14-20)23-25-26-24(27(23)19-8-4-3-5-9-19)31-16-22(28)18-7-6-10-21(15-18)30-2/h3-15H,16H2,1-2H3. The fourth-order valence-electron chi connectivity index (χ4n) is 3.11. The monoisotopic (exact) mass is 431 g/mol. The number of benzene rings is 3. The van der Waals surface area contributed by atoms with E-state index >= 15 is 0 Å². The lowest BCUT2D eigenvalue weighted by molar-refractivity contribution is 0.102. The first-order valence-corrected chi connectivity index (χ1v) is 10.6. The van der Waals surface area contributed by atoms with Crippen LogP contribution in [-0.2, 0) is 0 Å². The number of aromatic nitrogens is 3. The molecule has 31 heavy (non-hydrogen) atoms. The van der Waals surface area contributed by atoms with Gasteiger partial charge in [0.15, 0.2) is 16.8 Å². The van der Waals surface area contributed by atoms with Gasteiger partial charge in [-0.1, -0.05) is 42.1 Å². The van der Waals surface area contributed by atoms with Crippen molar-refractivity contribution in [3.05, 3.63) is 84.4 Å². The quantitative estimate of drug-likeness (QED) is 0.291. The second-order valence-electron chi connectivity index (χ2n) is 6.65. The Labute approximate surface area is 184 Å². The van der Waals surface area contributed by atoms with Crippen molar-refractivity contribution in [2.24, 2.45) is 0 Å². The summed E-state index contributed by atoms with van der Waals surface area (Å²) in [5, 5.41) is 9.44. The second kappa shape index (κ2) is 9.49. The van der Waals surface area contributed by atoms with Crippen molar-refractivity contribution in [2.45, 2.75) is 5.16 Å². The maximum atomic E-state index is 12.7. The van der Waals surface area contributed by atoms with Gasteiger partial charge in [0.2, 0.25) is 0 Å². The van der Waals surface area contributed by atoms with Gasteiger partial charge in [0.25, 0.3) is 0 Å². The summed E-state index contributed by atoms with van der Waals surface area (Å²) in [5.74, 6) is 2.36. The van der Waals surface area contributed by atoms with Crippen molar-refractivity contribution in [1.29, 1.82) is 0 Å². The highest BCUT2D eigenvalue weighted by Crippen LogP contribution is 2.29. The SMILES string of the molecule is COc1ccc(-c2nnc(SCC(=O)c3cccc(OC)c3)n2-c2ccccc2)cc1. The van der Waals surface area contributed by atoms with Gasteiger partial charge in [-0.3, -0.25) is 9.36 Å². The Morgan fingerprint density at radius 3 is 2.32 bits per heavy atom. The molecule has 0 aliphatic rings. The van der Waals surface area contributed by atoms with Crippen molar-refractivity contribution in [1.82, 2.24) is 14.8 Å². The van der Waals surface area contributed by atoms with E-state index in [1.54, 1.807) is 26.4 Å². The molecule has 4 rings (SSSR count). The summed E-state index contributed by atoms with van der Waals surface area (Å²) in [6.45, 7) is 0. The summed E-state index contributed by atoms with van der Waals surface area (Å²) in [6.07, 6.45) is 0. The van der Waals surface area contributed by atoms with Crippen molar-refractivity contribution in [3.63, 3.8) is 0 Å². The first-order valence-electron chi connectivity index (χ1n) is 9.65. The number of carbonyl (C=O) groups excluding carboxylic acids is 1. The molecule has 0 amide bonds. The van der Waals surface area contributed by atoms with Gasteiger partial charge < -0.3 is 9.47 Å². The molecular formula is C24H21N3O3S. The van der Waals surface area contributed by atoms with Crippen LogP contribution in [0, 0.1) is 0 Å². The summed E-state index contributed by atoms with van der Waals surface area (Å²) in [4.78, 5) is 12.7. The number of carbonyl (C=O) groups is 1. The molecule has 0 atom stereocenters. The molecule has 0 saturated carbocycles. The number of rotatable bonds is 8. The van der Waals surface area contributed by atoms with E-state index in [4.69, 9.17) is 9.47 Å². The van der Waals surface area contributed by atoms with Crippen LogP contribution < -0.4 is 9.47 Å². The van der Waals surface area contributed by atoms with E-state index in [9.17, 15) is 4.79 Å². The van der Waals surface area contributed by atoms with Gasteiger partial charge in [-0.2, -0.15) is 0 Å².